The molecule has 3 fully saturated rings. The van der Waals surface area contributed by atoms with Gasteiger partial charge in [-0.1, -0.05) is 42.5 Å². The van der Waals surface area contributed by atoms with Crippen molar-refractivity contribution in [1.29, 1.82) is 0 Å². The van der Waals surface area contributed by atoms with Crippen LogP contribution >= 0.6 is 0 Å². The number of carbonyl (C=O) groups excluding carboxylic acids is 1. The van der Waals surface area contributed by atoms with E-state index in [9.17, 15) is 23.3 Å². The lowest BCUT2D eigenvalue weighted by atomic mass is 9.93. The van der Waals surface area contributed by atoms with Gasteiger partial charge in [-0.2, -0.15) is 0 Å². The first kappa shape index (κ1) is 40.1. The Morgan fingerprint density at radius 3 is 2.48 bits per heavy atom. The first-order valence-corrected chi connectivity index (χ1v) is 22.1. The highest BCUT2D eigenvalue weighted by Gasteiger charge is 2.33. The smallest absolute Gasteiger partial charge is 0.293 e. The molecule has 1 amide bonds. The first-order chi connectivity index (χ1) is 29.6. The number of carbonyl (C=O) groups is 1. The van der Waals surface area contributed by atoms with E-state index in [2.05, 4.69) is 73.3 Å². The summed E-state index contributed by atoms with van der Waals surface area (Å²) in [6.45, 7) is 4.49. The summed E-state index contributed by atoms with van der Waals surface area (Å²) in [6, 6.07) is 29.5. The minimum absolute atomic E-state index is 0.0584. The number of likely N-dealkylation sites (N-methyl/N-ethyl adjacent to an activating group) is 1. The molecule has 61 heavy (non-hydrogen) atoms. The molecular weight excluding hydrogens is 795 g/mol. The van der Waals surface area contributed by atoms with Crippen LogP contribution in [0.1, 0.15) is 59.1 Å². The number of hydrogen-bond donors (Lipinski definition) is 3. The predicted molar refractivity (Wildman–Crippen MR) is 234 cm³/mol. The van der Waals surface area contributed by atoms with Gasteiger partial charge in [0.1, 0.15) is 22.8 Å². The zero-order valence-corrected chi connectivity index (χ0v) is 34.6. The third-order valence-corrected chi connectivity index (χ3v) is 13.3. The molecule has 1 aliphatic carbocycles. The van der Waals surface area contributed by atoms with Crippen LogP contribution in [-0.4, -0.2) is 80.6 Å². The van der Waals surface area contributed by atoms with Gasteiger partial charge in [0.25, 0.3) is 21.6 Å². The Hall–Kier alpha value is -6.29. The number of amides is 1. The lowest BCUT2D eigenvalue weighted by Crippen LogP contribution is -2.47. The lowest BCUT2D eigenvalue weighted by Gasteiger charge is -2.42. The Morgan fingerprint density at radius 2 is 1.70 bits per heavy atom. The minimum atomic E-state index is -4.56. The SMILES string of the molecule is CN1CCN(c2ccc(-c3ccc(C(=O)NS(=O)(=O)c4ccc(NCC5CCOCC5)c([N+](=O)[O-])c4)c(Oc4cnc5[nH]ccc5c4)c3)cc2)C(c2ccccc2C2CC2)C1. The van der Waals surface area contributed by atoms with Crippen LogP contribution in [0.2, 0.25) is 0 Å². The largest absolute Gasteiger partial charge is 0.455 e. The van der Waals surface area contributed by atoms with Gasteiger partial charge >= 0.3 is 0 Å². The lowest BCUT2D eigenvalue weighted by molar-refractivity contribution is -0.384. The Bertz CT molecular complexity index is 2700. The maximum Gasteiger partial charge on any atom is 0.293 e. The Kier molecular flexibility index (Phi) is 11.2. The van der Waals surface area contributed by atoms with Crippen molar-refractivity contribution in [1.82, 2.24) is 19.6 Å². The predicted octanol–water partition coefficient (Wildman–Crippen LogP) is 8.26. The summed E-state index contributed by atoms with van der Waals surface area (Å²) in [6.07, 6.45) is 7.39. The molecule has 1 unspecified atom stereocenters. The Labute approximate surface area is 354 Å². The average Bonchev–Trinajstić information content (AvgIpc) is 4.02. The third kappa shape index (κ3) is 8.81. The molecule has 314 valence electrons. The van der Waals surface area contributed by atoms with Crippen LogP contribution in [0.25, 0.3) is 22.2 Å². The number of nitro groups is 1. The summed E-state index contributed by atoms with van der Waals surface area (Å²) in [5.74, 6) is 0.375. The molecule has 0 bridgehead atoms. The molecule has 4 aromatic carbocycles. The van der Waals surface area contributed by atoms with Crippen molar-refractivity contribution in [3.8, 4) is 22.6 Å². The van der Waals surface area contributed by atoms with E-state index in [0.717, 1.165) is 60.7 Å². The highest BCUT2D eigenvalue weighted by Crippen LogP contribution is 2.45. The fourth-order valence-electron chi connectivity index (χ4n) is 8.42. The summed E-state index contributed by atoms with van der Waals surface area (Å²) in [7, 11) is -2.39. The van der Waals surface area contributed by atoms with E-state index in [-0.39, 0.29) is 29.0 Å². The molecule has 2 aromatic heterocycles. The van der Waals surface area contributed by atoms with E-state index in [0.29, 0.717) is 37.1 Å². The summed E-state index contributed by atoms with van der Waals surface area (Å²) in [5.41, 5.74) is 5.93. The molecule has 0 spiro atoms. The molecule has 9 rings (SSSR count). The van der Waals surface area contributed by atoms with Crippen LogP contribution < -0.4 is 19.7 Å². The minimum Gasteiger partial charge on any atom is -0.455 e. The molecule has 0 radical (unpaired) electrons. The molecule has 3 N–H and O–H groups in total. The van der Waals surface area contributed by atoms with Crippen molar-refractivity contribution in [3.63, 3.8) is 0 Å². The number of nitrogens with one attached hydrogen (secondary N) is 3. The summed E-state index contributed by atoms with van der Waals surface area (Å²) >= 11 is 0. The zero-order chi connectivity index (χ0) is 42.1. The highest BCUT2D eigenvalue weighted by atomic mass is 32.2. The van der Waals surface area contributed by atoms with Crippen LogP contribution in [0.4, 0.5) is 17.1 Å². The maximum atomic E-state index is 13.9. The summed E-state index contributed by atoms with van der Waals surface area (Å²) in [4.78, 5) is 37.3. The number of nitro benzene ring substituents is 1. The number of aromatic nitrogens is 2. The van der Waals surface area contributed by atoms with Crippen LogP contribution in [-0.2, 0) is 14.8 Å². The van der Waals surface area contributed by atoms with E-state index in [1.54, 1.807) is 24.4 Å². The molecule has 6 aromatic rings. The molecule has 1 saturated carbocycles. The second-order valence-corrected chi connectivity index (χ2v) is 17.8. The quantitative estimate of drug-likeness (QED) is 0.0755. The normalized spacial score (nSPS) is 17.6. The Morgan fingerprint density at radius 1 is 0.934 bits per heavy atom. The number of sulfonamides is 1. The topological polar surface area (TPSA) is 172 Å². The number of nitrogens with zero attached hydrogens (tertiary/aromatic N) is 4. The number of H-pyrrole nitrogens is 1. The number of rotatable bonds is 13. The van der Waals surface area contributed by atoms with Crippen molar-refractivity contribution >= 4 is 44.0 Å². The maximum absolute atomic E-state index is 13.9. The molecule has 2 aliphatic heterocycles. The van der Waals surface area contributed by atoms with Crippen molar-refractivity contribution in [3.05, 3.63) is 136 Å². The standard InChI is InChI=1S/C46H47N7O7S/c1-51-20-21-52(43(29-51)39-5-3-2-4-38(39)32-6-7-32)35-11-8-31(9-12-35)33-10-14-40(44(25-33)60-36-24-34-16-19-47-45(34)49-28-36)46(54)50-61(57,58)37-13-15-41(42(26-37)53(55)56)48-27-30-17-22-59-23-18-30/h2-5,8-16,19,24-26,28,30,32,43,48H,6-7,17-18,20-23,27,29H2,1H3,(H,47,49)(H,50,54). The van der Waals surface area contributed by atoms with Gasteiger partial charge in [0.2, 0.25) is 0 Å². The molecule has 14 nitrogen and oxygen atoms in total. The van der Waals surface area contributed by atoms with Crippen molar-refractivity contribution in [2.24, 2.45) is 5.92 Å². The van der Waals surface area contributed by atoms with E-state index >= 15 is 0 Å². The monoisotopic (exact) mass is 841 g/mol. The molecular formula is C46H47N7O7S. The van der Waals surface area contributed by atoms with Gasteiger partial charge < -0.3 is 29.6 Å². The number of fused-ring (bicyclic) bond motifs is 1. The van der Waals surface area contributed by atoms with E-state index < -0.39 is 31.4 Å². The van der Waals surface area contributed by atoms with E-state index in [1.165, 1.54) is 48.4 Å². The molecule has 3 aliphatic rings. The van der Waals surface area contributed by atoms with Crippen molar-refractivity contribution in [2.45, 2.75) is 42.5 Å². The number of benzene rings is 4. The molecule has 15 heteroatoms. The van der Waals surface area contributed by atoms with Gasteiger partial charge in [0, 0.05) is 62.7 Å². The number of aromatic amines is 1. The van der Waals surface area contributed by atoms with Gasteiger partial charge in [-0.15, -0.1) is 0 Å². The van der Waals surface area contributed by atoms with Gasteiger partial charge in [-0.05, 0) is 115 Å². The molecule has 1 atom stereocenters. The summed E-state index contributed by atoms with van der Waals surface area (Å²) < 4.78 is 41.2. The van der Waals surface area contributed by atoms with E-state index in [4.69, 9.17) is 9.47 Å². The fraction of sp³-hybridized carbons (Fsp3) is 0.304. The van der Waals surface area contributed by atoms with Gasteiger partial charge in [0.15, 0.2) is 0 Å². The van der Waals surface area contributed by atoms with Crippen LogP contribution in [0.3, 0.4) is 0 Å². The number of piperazine rings is 1. The number of anilines is 2. The van der Waals surface area contributed by atoms with E-state index in [1.807, 2.05) is 18.2 Å². The summed E-state index contributed by atoms with van der Waals surface area (Å²) in [5, 5.41) is 16.0. The molecule has 4 heterocycles. The number of pyridine rings is 1. The van der Waals surface area contributed by atoms with Gasteiger partial charge in [-0.25, -0.2) is 18.1 Å². The second-order valence-electron chi connectivity index (χ2n) is 16.1. The second kappa shape index (κ2) is 17.0. The van der Waals surface area contributed by atoms with Crippen molar-refractivity contribution in [2.75, 3.05) is 56.7 Å². The fourth-order valence-corrected chi connectivity index (χ4v) is 9.40. The number of ether oxygens (including phenoxy) is 2. The highest BCUT2D eigenvalue weighted by molar-refractivity contribution is 7.90. The Balaban J connectivity index is 0.989. The third-order valence-electron chi connectivity index (χ3n) is 11.9. The van der Waals surface area contributed by atoms with Gasteiger partial charge in [0.05, 0.1) is 27.6 Å². The van der Waals surface area contributed by atoms with Crippen LogP contribution in [0.15, 0.2) is 114 Å². The van der Waals surface area contributed by atoms with Crippen LogP contribution in [0, 0.1) is 16.0 Å². The first-order valence-electron chi connectivity index (χ1n) is 20.7. The number of hydrogen-bond acceptors (Lipinski definition) is 11. The average molecular weight is 842 g/mol. The van der Waals surface area contributed by atoms with Crippen LogP contribution in [0.5, 0.6) is 11.5 Å². The zero-order valence-electron chi connectivity index (χ0n) is 33.8. The van der Waals surface area contributed by atoms with Crippen molar-refractivity contribution < 1.29 is 27.6 Å². The van der Waals surface area contributed by atoms with Gasteiger partial charge in [-0.3, -0.25) is 14.9 Å². The molecule has 2 saturated heterocycles.